The summed E-state index contributed by atoms with van der Waals surface area (Å²) in [6.45, 7) is 0. The number of hydrogen-bond acceptors (Lipinski definition) is 4. The molecule has 174 valence electrons. The van der Waals surface area contributed by atoms with Gasteiger partial charge >= 0.3 is 6.18 Å². The summed E-state index contributed by atoms with van der Waals surface area (Å²) in [5.74, 6) is 0.333. The topological polar surface area (TPSA) is 75.6 Å². The van der Waals surface area contributed by atoms with Crippen LogP contribution in [0.3, 0.4) is 0 Å². The Morgan fingerprint density at radius 3 is 2.47 bits per heavy atom. The van der Waals surface area contributed by atoms with Gasteiger partial charge in [0.25, 0.3) is 5.91 Å². The van der Waals surface area contributed by atoms with Gasteiger partial charge in [-0.1, -0.05) is 18.2 Å². The van der Waals surface area contributed by atoms with E-state index in [0.29, 0.717) is 23.5 Å². The molecule has 1 heterocycles. The van der Waals surface area contributed by atoms with Gasteiger partial charge in [0.05, 0.1) is 10.5 Å². The second kappa shape index (κ2) is 8.32. The molecule has 1 unspecified atom stereocenters. The summed E-state index contributed by atoms with van der Waals surface area (Å²) in [5, 5.41) is 10.6. The highest BCUT2D eigenvalue weighted by Gasteiger charge is 2.31. The molecule has 0 saturated carbocycles. The van der Waals surface area contributed by atoms with Crippen LogP contribution in [0, 0.1) is 0 Å². The van der Waals surface area contributed by atoms with Gasteiger partial charge < -0.3 is 9.84 Å². The number of phenols is 1. The number of ether oxygens (including phenoxy) is 1. The average molecular weight is 485 g/mol. The summed E-state index contributed by atoms with van der Waals surface area (Å²) in [7, 11) is -1.70. The van der Waals surface area contributed by atoms with Gasteiger partial charge in [-0.2, -0.15) is 13.2 Å². The van der Waals surface area contributed by atoms with Crippen LogP contribution >= 0.6 is 0 Å². The molecule has 0 spiro atoms. The zero-order valence-electron chi connectivity index (χ0n) is 17.6. The van der Waals surface area contributed by atoms with Crippen molar-refractivity contribution in [2.75, 3.05) is 0 Å². The molecular formula is C25H18F3NO4S. The lowest BCUT2D eigenvalue weighted by molar-refractivity contribution is -0.137. The number of phenolic OH excluding ortho intramolecular Hbond substituents is 1. The predicted octanol–water partition coefficient (Wildman–Crippen LogP) is 5.42. The molecule has 5 rings (SSSR count). The highest BCUT2D eigenvalue weighted by atomic mass is 32.2. The van der Waals surface area contributed by atoms with Crippen LogP contribution in [0.2, 0.25) is 0 Å². The van der Waals surface area contributed by atoms with Crippen molar-refractivity contribution < 1.29 is 32.0 Å². The van der Waals surface area contributed by atoms with Gasteiger partial charge in [0, 0.05) is 17.6 Å². The van der Waals surface area contributed by atoms with Crippen LogP contribution in [0.1, 0.15) is 40.2 Å². The van der Waals surface area contributed by atoms with Crippen molar-refractivity contribution in [1.29, 1.82) is 0 Å². The van der Waals surface area contributed by atoms with E-state index in [9.17, 15) is 27.3 Å². The number of halogens is 3. The Bertz CT molecular complexity index is 1350. The highest BCUT2D eigenvalue weighted by molar-refractivity contribution is 7.94. The van der Waals surface area contributed by atoms with Crippen LogP contribution in [0.25, 0.3) is 4.91 Å². The molecule has 3 aromatic rings. The highest BCUT2D eigenvalue weighted by Crippen LogP contribution is 2.44. The number of amides is 1. The predicted molar refractivity (Wildman–Crippen MR) is 120 cm³/mol. The Labute approximate surface area is 195 Å². The zero-order valence-corrected chi connectivity index (χ0v) is 18.4. The lowest BCUT2D eigenvalue weighted by Crippen LogP contribution is -2.16. The normalized spacial score (nSPS) is 19.5. The van der Waals surface area contributed by atoms with E-state index >= 15 is 0 Å². The van der Waals surface area contributed by atoms with Gasteiger partial charge in [-0.05, 0) is 72.0 Å². The van der Waals surface area contributed by atoms with Crippen LogP contribution in [-0.2, 0) is 28.4 Å². The van der Waals surface area contributed by atoms with E-state index in [1.54, 1.807) is 18.2 Å². The van der Waals surface area contributed by atoms with Crippen molar-refractivity contribution in [3.63, 3.8) is 0 Å². The molecule has 0 fully saturated rings. The van der Waals surface area contributed by atoms with Crippen LogP contribution in [0.5, 0.6) is 17.2 Å². The van der Waals surface area contributed by atoms with Crippen molar-refractivity contribution in [3.05, 3.63) is 94.6 Å². The van der Waals surface area contributed by atoms with Crippen LogP contribution < -0.4 is 9.46 Å². The van der Waals surface area contributed by atoms with Crippen LogP contribution in [0.15, 0.2) is 66.7 Å². The fourth-order valence-electron chi connectivity index (χ4n) is 4.40. The third-order valence-corrected chi connectivity index (χ3v) is 7.11. The number of hydrogen-bond donors (Lipinski definition) is 2. The van der Waals surface area contributed by atoms with Gasteiger partial charge in [0.1, 0.15) is 17.2 Å². The summed E-state index contributed by atoms with van der Waals surface area (Å²) in [4.78, 5) is 11.7. The lowest BCUT2D eigenvalue weighted by atomic mass is 9.92. The first-order chi connectivity index (χ1) is 16.2. The van der Waals surface area contributed by atoms with Crippen molar-refractivity contribution >= 4 is 21.8 Å². The smallest absolute Gasteiger partial charge is 0.416 e. The molecule has 1 amide bonds. The maximum absolute atomic E-state index is 12.8. The summed E-state index contributed by atoms with van der Waals surface area (Å²) < 4.78 is 58.6. The molecule has 34 heavy (non-hydrogen) atoms. The zero-order chi connectivity index (χ0) is 24.0. The largest absolute Gasteiger partial charge is 0.507 e. The number of rotatable bonds is 4. The van der Waals surface area contributed by atoms with E-state index in [-0.39, 0.29) is 16.6 Å². The Morgan fingerprint density at radius 2 is 1.82 bits per heavy atom. The first-order valence-electron chi connectivity index (χ1n) is 10.4. The van der Waals surface area contributed by atoms with Crippen molar-refractivity contribution in [3.8, 4) is 17.2 Å². The second-order valence-electron chi connectivity index (χ2n) is 8.06. The molecule has 1 aliphatic carbocycles. The number of carbonyl (C=O) groups is 1. The van der Waals surface area contributed by atoms with Crippen molar-refractivity contribution in [2.45, 2.75) is 24.9 Å². The summed E-state index contributed by atoms with van der Waals surface area (Å²) >= 11 is 0. The molecule has 0 aromatic heterocycles. The quantitative estimate of drug-likeness (QED) is 0.518. The first kappa shape index (κ1) is 22.2. The Kier molecular flexibility index (Phi) is 5.44. The number of nitrogens with one attached hydrogen (secondary N) is 1. The van der Waals surface area contributed by atoms with Crippen molar-refractivity contribution in [1.82, 2.24) is 4.72 Å². The maximum Gasteiger partial charge on any atom is 0.416 e. The van der Waals surface area contributed by atoms with Gasteiger partial charge in [-0.3, -0.25) is 9.52 Å². The second-order valence-corrected chi connectivity index (χ2v) is 9.24. The summed E-state index contributed by atoms with van der Waals surface area (Å²) in [6.07, 6.45) is -1.74. The SMILES string of the molecule is O=C1C=C(c2ccc([C@H]3CCc4c(Oc5ccc(C(F)(F)F)cc5)cccc43)cc2O)S(=O)N1. The number of benzene rings is 3. The van der Waals surface area contributed by atoms with E-state index in [1.807, 2.05) is 18.2 Å². The van der Waals surface area contributed by atoms with Gasteiger partial charge in [0.2, 0.25) is 0 Å². The van der Waals surface area contributed by atoms with Crippen LogP contribution in [-0.4, -0.2) is 15.2 Å². The molecule has 3 aromatic carbocycles. The summed E-state index contributed by atoms with van der Waals surface area (Å²) in [5.41, 5.74) is 2.43. The molecule has 2 atom stereocenters. The molecule has 0 radical (unpaired) electrons. The number of alkyl halides is 3. The minimum Gasteiger partial charge on any atom is -0.507 e. The van der Waals surface area contributed by atoms with Gasteiger partial charge in [-0.15, -0.1) is 0 Å². The molecule has 9 heteroatoms. The van der Waals surface area contributed by atoms with Gasteiger partial charge in [-0.25, -0.2) is 4.21 Å². The van der Waals surface area contributed by atoms with E-state index < -0.39 is 28.6 Å². The molecule has 5 nitrogen and oxygen atoms in total. The Morgan fingerprint density at radius 1 is 1.06 bits per heavy atom. The van der Waals surface area contributed by atoms with E-state index in [4.69, 9.17) is 4.74 Å². The third kappa shape index (κ3) is 4.07. The van der Waals surface area contributed by atoms with Crippen LogP contribution in [0.4, 0.5) is 13.2 Å². The molecule has 0 saturated heterocycles. The summed E-state index contributed by atoms with van der Waals surface area (Å²) in [6, 6.07) is 15.2. The first-order valence-corrected chi connectivity index (χ1v) is 11.6. The van der Waals surface area contributed by atoms with Gasteiger partial charge in [0.15, 0.2) is 11.0 Å². The monoisotopic (exact) mass is 485 g/mol. The Hall–Kier alpha value is -3.59. The standard InChI is InChI=1S/C25H18F3NO4S/c26-25(27,28)15-5-7-16(8-6-15)33-22-3-1-2-18-17(10-11-19(18)22)14-4-9-20(21(30)12-14)23-13-24(31)29-34(23)32/h1-9,12-13,17,30H,10-11H2,(H,29,31)/t17-,34?/m1/s1. The molecular weight excluding hydrogens is 467 g/mol. The molecule has 1 aliphatic heterocycles. The molecule has 0 bridgehead atoms. The fourth-order valence-corrected chi connectivity index (χ4v) is 5.34. The third-order valence-electron chi connectivity index (χ3n) is 5.98. The van der Waals surface area contributed by atoms with E-state index in [2.05, 4.69) is 4.72 Å². The number of carbonyl (C=O) groups excluding carboxylic acids is 1. The van der Waals surface area contributed by atoms with E-state index in [1.165, 1.54) is 18.2 Å². The van der Waals surface area contributed by atoms with Crippen molar-refractivity contribution in [2.24, 2.45) is 0 Å². The fraction of sp³-hybridized carbons (Fsp3) is 0.160. The maximum atomic E-state index is 12.8. The molecule has 2 aliphatic rings. The average Bonchev–Trinajstić information content (AvgIpc) is 3.37. The number of fused-ring (bicyclic) bond motifs is 1. The number of aromatic hydroxyl groups is 1. The lowest BCUT2D eigenvalue weighted by Gasteiger charge is -2.16. The minimum absolute atomic E-state index is 0.0195. The minimum atomic E-state index is -4.41. The molecule has 2 N–H and O–H groups in total. The Balaban J connectivity index is 1.41. The van der Waals surface area contributed by atoms with E-state index in [0.717, 1.165) is 35.2 Å².